The standard InChI is InChI=1S/C36H51O3P/c1-2-3-4-14-23-32(37)24-15-9-7-5-6-8-10-22-31-36(38)39-40(33-25-16-11-17-26-33,34-27-18-12-19-28-34)35-29-20-13-21-30-35/h11-13,16-21,25-30,32,37,40H,2-10,14-15,22-24,31H2,1H3. The number of carbonyl (C=O) groups is 1. The first-order valence-electron chi connectivity index (χ1n) is 15.7. The molecule has 4 heteroatoms. The van der Waals surface area contributed by atoms with Gasteiger partial charge >= 0.3 is 194 Å². The molecule has 1 unspecified atom stereocenters. The molecule has 0 aliphatic carbocycles. The first-order valence-corrected chi connectivity index (χ1v) is 17.6. The number of hydrogen-bond acceptors (Lipinski definition) is 3. The van der Waals surface area contributed by atoms with Gasteiger partial charge in [0.2, 0.25) is 0 Å². The molecule has 218 valence electrons. The first-order chi connectivity index (χ1) is 19.7. The summed E-state index contributed by atoms with van der Waals surface area (Å²) >= 11 is 0. The normalized spacial score (nSPS) is 12.7. The van der Waals surface area contributed by atoms with Crippen molar-refractivity contribution in [2.75, 3.05) is 0 Å². The van der Waals surface area contributed by atoms with Crippen LogP contribution in [0.4, 0.5) is 0 Å². The van der Waals surface area contributed by atoms with Gasteiger partial charge in [0.05, 0.1) is 6.10 Å². The van der Waals surface area contributed by atoms with E-state index in [0.29, 0.717) is 6.42 Å². The summed E-state index contributed by atoms with van der Waals surface area (Å²) in [5.41, 5.74) is 0. The van der Waals surface area contributed by atoms with Gasteiger partial charge in [-0.15, -0.1) is 0 Å². The maximum absolute atomic E-state index is 13.3. The van der Waals surface area contributed by atoms with Crippen LogP contribution in [0.15, 0.2) is 91.0 Å². The molecule has 0 fully saturated rings. The molecule has 0 spiro atoms. The molecule has 0 radical (unpaired) electrons. The SMILES string of the molecule is CCCCCCC(O)CCCCCCCCCCC(=O)O[PH](c1ccccc1)(c1ccccc1)c1ccccc1. The van der Waals surface area contributed by atoms with Crippen LogP contribution in [0.2, 0.25) is 0 Å². The van der Waals surface area contributed by atoms with Gasteiger partial charge in [0.25, 0.3) is 0 Å². The second-order valence-electron chi connectivity index (χ2n) is 11.1. The predicted molar refractivity (Wildman–Crippen MR) is 174 cm³/mol. The molecule has 0 aromatic heterocycles. The van der Waals surface area contributed by atoms with E-state index >= 15 is 0 Å². The van der Waals surface area contributed by atoms with Gasteiger partial charge in [-0.25, -0.2) is 0 Å². The third kappa shape index (κ3) is 10.5. The van der Waals surface area contributed by atoms with Gasteiger partial charge in [-0.2, -0.15) is 0 Å². The number of aliphatic hydroxyl groups excluding tert-OH is 1. The Hall–Kier alpha value is -2.48. The van der Waals surface area contributed by atoms with Crippen molar-refractivity contribution in [1.82, 2.24) is 0 Å². The van der Waals surface area contributed by atoms with Crippen molar-refractivity contribution >= 4 is 29.4 Å². The van der Waals surface area contributed by atoms with Crippen molar-refractivity contribution in [2.24, 2.45) is 0 Å². The van der Waals surface area contributed by atoms with Crippen molar-refractivity contribution in [3.05, 3.63) is 91.0 Å². The third-order valence-electron chi connectivity index (χ3n) is 7.87. The average Bonchev–Trinajstić information content (AvgIpc) is 3.00. The van der Waals surface area contributed by atoms with Crippen LogP contribution in [0.3, 0.4) is 0 Å². The molecule has 0 saturated carbocycles. The van der Waals surface area contributed by atoms with Crippen LogP contribution in [0.1, 0.15) is 103 Å². The Morgan fingerprint density at radius 3 is 1.40 bits per heavy atom. The van der Waals surface area contributed by atoms with E-state index in [1.54, 1.807) is 0 Å². The number of rotatable bonds is 20. The third-order valence-corrected chi connectivity index (χ3v) is 11.8. The summed E-state index contributed by atoms with van der Waals surface area (Å²) in [4.78, 5) is 13.3. The second-order valence-corrected chi connectivity index (χ2v) is 14.4. The molecule has 0 aliphatic rings. The van der Waals surface area contributed by atoms with Crippen molar-refractivity contribution in [3.63, 3.8) is 0 Å². The van der Waals surface area contributed by atoms with Crippen molar-refractivity contribution in [3.8, 4) is 0 Å². The number of benzene rings is 3. The molecule has 3 aromatic rings. The fourth-order valence-electron chi connectivity index (χ4n) is 5.58. The fourth-order valence-corrected chi connectivity index (χ4v) is 9.36. The Morgan fingerprint density at radius 2 is 0.975 bits per heavy atom. The zero-order valence-corrected chi connectivity index (χ0v) is 25.6. The number of aliphatic hydroxyl groups is 1. The Labute approximate surface area is 243 Å². The molecule has 3 aromatic carbocycles. The van der Waals surface area contributed by atoms with Crippen LogP contribution in [-0.2, 0) is 9.32 Å². The van der Waals surface area contributed by atoms with Gasteiger partial charge in [-0.1, -0.05) is 32.6 Å². The molecule has 3 rings (SSSR count). The summed E-state index contributed by atoms with van der Waals surface area (Å²) in [6.07, 6.45) is 16.3. The summed E-state index contributed by atoms with van der Waals surface area (Å²) in [7, 11) is -2.97. The number of hydrogen-bond donors (Lipinski definition) is 1. The number of carbonyl (C=O) groups excluding carboxylic acids is 1. The Balaban J connectivity index is 1.43. The van der Waals surface area contributed by atoms with Crippen LogP contribution in [0.5, 0.6) is 0 Å². The van der Waals surface area contributed by atoms with Crippen LogP contribution >= 0.6 is 7.49 Å². The van der Waals surface area contributed by atoms with Crippen LogP contribution in [-0.4, -0.2) is 17.2 Å². The molecular weight excluding hydrogens is 511 g/mol. The van der Waals surface area contributed by atoms with Gasteiger partial charge in [-0.3, -0.25) is 0 Å². The maximum atomic E-state index is 13.3. The van der Waals surface area contributed by atoms with E-state index in [9.17, 15) is 9.90 Å². The minimum absolute atomic E-state index is 0.100. The van der Waals surface area contributed by atoms with Gasteiger partial charge in [-0.05, 0) is 6.42 Å². The molecule has 0 bridgehead atoms. The minimum atomic E-state index is -2.97. The summed E-state index contributed by atoms with van der Waals surface area (Å²) in [6.45, 7) is 2.22. The zero-order valence-electron chi connectivity index (χ0n) is 24.6. The molecule has 40 heavy (non-hydrogen) atoms. The van der Waals surface area contributed by atoms with Gasteiger partial charge < -0.3 is 5.11 Å². The van der Waals surface area contributed by atoms with E-state index in [1.165, 1.54) is 44.9 Å². The number of unbranched alkanes of at least 4 members (excludes halogenated alkanes) is 10. The first kappa shape index (κ1) is 32.0. The average molecular weight is 563 g/mol. The van der Waals surface area contributed by atoms with Crippen LogP contribution in [0.25, 0.3) is 0 Å². The van der Waals surface area contributed by atoms with E-state index in [1.807, 2.05) is 54.6 Å². The molecule has 0 saturated heterocycles. The van der Waals surface area contributed by atoms with Gasteiger partial charge in [0.1, 0.15) is 0 Å². The van der Waals surface area contributed by atoms with E-state index in [-0.39, 0.29) is 12.1 Å². The molecule has 1 N–H and O–H groups in total. The van der Waals surface area contributed by atoms with Crippen molar-refractivity contribution < 1.29 is 14.4 Å². The quantitative estimate of drug-likeness (QED) is 0.111. The van der Waals surface area contributed by atoms with Gasteiger partial charge in [0, 0.05) is 0 Å². The topological polar surface area (TPSA) is 46.5 Å². The monoisotopic (exact) mass is 562 g/mol. The van der Waals surface area contributed by atoms with Crippen molar-refractivity contribution in [1.29, 1.82) is 0 Å². The van der Waals surface area contributed by atoms with E-state index in [4.69, 9.17) is 4.52 Å². The summed E-state index contributed by atoms with van der Waals surface area (Å²) in [5, 5.41) is 13.4. The molecular formula is C36H51O3P. The Morgan fingerprint density at radius 1 is 0.600 bits per heavy atom. The summed E-state index contributed by atoms with van der Waals surface area (Å²) in [5.74, 6) is -0.100. The van der Waals surface area contributed by atoms with E-state index in [0.717, 1.165) is 60.9 Å². The molecule has 0 aliphatic heterocycles. The van der Waals surface area contributed by atoms with Gasteiger partial charge in [0.15, 0.2) is 0 Å². The Kier molecular flexibility index (Phi) is 15.1. The molecule has 0 heterocycles. The van der Waals surface area contributed by atoms with Crippen molar-refractivity contribution in [2.45, 2.75) is 109 Å². The van der Waals surface area contributed by atoms with Crippen LogP contribution in [0, 0.1) is 0 Å². The predicted octanol–water partition coefficient (Wildman–Crippen LogP) is 8.40. The zero-order chi connectivity index (χ0) is 28.3. The molecule has 1 atom stereocenters. The van der Waals surface area contributed by atoms with E-state index in [2.05, 4.69) is 43.3 Å². The Bertz CT molecular complexity index is 959. The summed E-state index contributed by atoms with van der Waals surface area (Å²) < 4.78 is 6.60. The second kappa shape index (κ2) is 18.8. The fraction of sp³-hybridized carbons (Fsp3) is 0.472. The summed E-state index contributed by atoms with van der Waals surface area (Å²) in [6, 6.07) is 30.9. The van der Waals surface area contributed by atoms with E-state index < -0.39 is 7.49 Å². The molecule has 3 nitrogen and oxygen atoms in total. The molecule has 0 amide bonds. The van der Waals surface area contributed by atoms with Crippen LogP contribution < -0.4 is 15.9 Å².